The van der Waals surface area contributed by atoms with Crippen molar-refractivity contribution in [2.75, 3.05) is 39.0 Å². The van der Waals surface area contributed by atoms with Gasteiger partial charge in [-0.25, -0.2) is 13.2 Å². The highest BCUT2D eigenvalue weighted by Gasteiger charge is 2.29. The molecule has 0 aromatic heterocycles. The van der Waals surface area contributed by atoms with Crippen LogP contribution in [0.5, 0.6) is 0 Å². The van der Waals surface area contributed by atoms with Crippen LogP contribution >= 0.6 is 0 Å². The summed E-state index contributed by atoms with van der Waals surface area (Å²) in [7, 11) is -3.23. The normalized spacial score (nSPS) is 17.9. The summed E-state index contributed by atoms with van der Waals surface area (Å²) in [5.41, 5.74) is 0. The van der Waals surface area contributed by atoms with E-state index in [0.717, 1.165) is 6.26 Å². The molecule has 1 saturated heterocycles. The van der Waals surface area contributed by atoms with E-state index in [2.05, 4.69) is 4.74 Å². The number of nitrogens with zero attached hydrogens (tertiary/aromatic N) is 2. The van der Waals surface area contributed by atoms with E-state index in [1.165, 1.54) is 9.21 Å². The number of amides is 1. The molecule has 1 amide bonds. The Morgan fingerprint density at radius 1 is 1.18 bits per heavy atom. The number of carbonyl (C=O) groups is 2. The minimum atomic E-state index is -3.23. The molecule has 0 aromatic carbocycles. The van der Waals surface area contributed by atoms with Crippen molar-refractivity contribution < 1.29 is 22.7 Å². The number of carbonyl (C=O) groups excluding carboxylic acids is 2. The summed E-state index contributed by atoms with van der Waals surface area (Å²) in [5.74, 6) is -1.60. The van der Waals surface area contributed by atoms with Crippen LogP contribution in [0.25, 0.3) is 0 Å². The van der Waals surface area contributed by atoms with Gasteiger partial charge in [0.2, 0.25) is 10.0 Å². The molecule has 1 fully saturated rings. The van der Waals surface area contributed by atoms with Crippen molar-refractivity contribution in [3.8, 4) is 0 Å². The molecule has 17 heavy (non-hydrogen) atoms. The standard InChI is InChI=1S/C9H16N2O5S/c1-3-16-9(13)8(12)10-4-6-11(7-5-10)17(2,14)15/h3-7H2,1-2H3. The zero-order chi connectivity index (χ0) is 13.1. The fourth-order valence-electron chi connectivity index (χ4n) is 1.54. The van der Waals surface area contributed by atoms with Gasteiger partial charge in [-0.2, -0.15) is 4.31 Å². The van der Waals surface area contributed by atoms with Gasteiger partial charge >= 0.3 is 11.9 Å². The van der Waals surface area contributed by atoms with Crippen molar-refractivity contribution in [3.05, 3.63) is 0 Å². The molecule has 1 aliphatic heterocycles. The number of ether oxygens (including phenoxy) is 1. The largest absolute Gasteiger partial charge is 0.459 e. The second kappa shape index (κ2) is 5.46. The van der Waals surface area contributed by atoms with Crippen LogP contribution in [0.1, 0.15) is 6.92 Å². The first-order chi connectivity index (χ1) is 7.86. The lowest BCUT2D eigenvalue weighted by Gasteiger charge is -2.32. The molecule has 0 bridgehead atoms. The van der Waals surface area contributed by atoms with Gasteiger partial charge in [0.05, 0.1) is 12.9 Å². The molecular formula is C9H16N2O5S. The highest BCUT2D eigenvalue weighted by atomic mass is 32.2. The van der Waals surface area contributed by atoms with Gasteiger partial charge in [0, 0.05) is 26.2 Å². The third kappa shape index (κ3) is 3.67. The van der Waals surface area contributed by atoms with Crippen molar-refractivity contribution in [2.45, 2.75) is 6.92 Å². The Morgan fingerprint density at radius 2 is 1.71 bits per heavy atom. The number of rotatable bonds is 2. The van der Waals surface area contributed by atoms with Crippen LogP contribution in [-0.2, 0) is 24.3 Å². The van der Waals surface area contributed by atoms with Gasteiger partial charge in [-0.05, 0) is 6.92 Å². The summed E-state index contributed by atoms with van der Waals surface area (Å²) in [6.45, 7) is 2.62. The van der Waals surface area contributed by atoms with E-state index in [4.69, 9.17) is 0 Å². The van der Waals surface area contributed by atoms with E-state index in [9.17, 15) is 18.0 Å². The zero-order valence-electron chi connectivity index (χ0n) is 9.88. The van der Waals surface area contributed by atoms with E-state index in [-0.39, 0.29) is 32.8 Å². The van der Waals surface area contributed by atoms with Gasteiger partial charge in [0.15, 0.2) is 0 Å². The SMILES string of the molecule is CCOC(=O)C(=O)N1CCN(S(C)(=O)=O)CC1. The molecule has 8 heteroatoms. The number of sulfonamides is 1. The molecule has 0 N–H and O–H groups in total. The Morgan fingerprint density at radius 3 is 2.12 bits per heavy atom. The molecule has 0 aromatic rings. The maximum atomic E-state index is 11.5. The molecule has 7 nitrogen and oxygen atoms in total. The van der Waals surface area contributed by atoms with Crippen molar-refractivity contribution in [3.63, 3.8) is 0 Å². The van der Waals surface area contributed by atoms with Gasteiger partial charge in [0.25, 0.3) is 0 Å². The van der Waals surface area contributed by atoms with Crippen LogP contribution in [0.3, 0.4) is 0 Å². The number of hydrogen-bond donors (Lipinski definition) is 0. The Labute approximate surface area is 100 Å². The fraction of sp³-hybridized carbons (Fsp3) is 0.778. The molecule has 0 radical (unpaired) electrons. The molecule has 98 valence electrons. The Bertz CT molecular complexity index is 398. The van der Waals surface area contributed by atoms with Gasteiger partial charge in [0.1, 0.15) is 0 Å². The monoisotopic (exact) mass is 264 g/mol. The quantitative estimate of drug-likeness (QED) is 0.455. The molecule has 0 spiro atoms. The second-order valence-electron chi connectivity index (χ2n) is 3.67. The minimum Gasteiger partial charge on any atom is -0.459 e. The summed E-state index contributed by atoms with van der Waals surface area (Å²) < 4.78 is 28.3. The molecule has 0 saturated carbocycles. The third-order valence-corrected chi connectivity index (χ3v) is 3.75. The van der Waals surface area contributed by atoms with Gasteiger partial charge in [-0.15, -0.1) is 0 Å². The third-order valence-electron chi connectivity index (χ3n) is 2.44. The lowest BCUT2D eigenvalue weighted by molar-refractivity contribution is -0.160. The Balaban J connectivity index is 2.52. The summed E-state index contributed by atoms with van der Waals surface area (Å²) in [6, 6.07) is 0. The fourth-order valence-corrected chi connectivity index (χ4v) is 2.37. The number of esters is 1. The lowest BCUT2D eigenvalue weighted by atomic mass is 10.3. The van der Waals surface area contributed by atoms with Crippen molar-refractivity contribution in [1.29, 1.82) is 0 Å². The van der Waals surface area contributed by atoms with Crippen LogP contribution in [-0.4, -0.2) is 68.5 Å². The average Bonchev–Trinajstić information content (AvgIpc) is 2.27. The van der Waals surface area contributed by atoms with Crippen LogP contribution in [0.4, 0.5) is 0 Å². The number of piperazine rings is 1. The lowest BCUT2D eigenvalue weighted by Crippen LogP contribution is -2.52. The van der Waals surface area contributed by atoms with E-state index in [1.54, 1.807) is 6.92 Å². The van der Waals surface area contributed by atoms with Crippen molar-refractivity contribution in [1.82, 2.24) is 9.21 Å². The minimum absolute atomic E-state index is 0.147. The maximum absolute atomic E-state index is 11.5. The van der Waals surface area contributed by atoms with Gasteiger partial charge < -0.3 is 9.64 Å². The highest BCUT2D eigenvalue weighted by molar-refractivity contribution is 7.88. The van der Waals surface area contributed by atoms with Crippen molar-refractivity contribution in [2.24, 2.45) is 0 Å². The van der Waals surface area contributed by atoms with E-state index in [1.807, 2.05) is 0 Å². The first-order valence-corrected chi connectivity index (χ1v) is 7.12. The summed E-state index contributed by atoms with van der Waals surface area (Å²) >= 11 is 0. The molecular weight excluding hydrogens is 248 g/mol. The number of hydrogen-bond acceptors (Lipinski definition) is 5. The first kappa shape index (κ1) is 13.9. The van der Waals surface area contributed by atoms with Gasteiger partial charge in [-0.1, -0.05) is 0 Å². The van der Waals surface area contributed by atoms with Crippen LogP contribution < -0.4 is 0 Å². The first-order valence-electron chi connectivity index (χ1n) is 5.27. The van der Waals surface area contributed by atoms with Crippen LogP contribution in [0.2, 0.25) is 0 Å². The zero-order valence-corrected chi connectivity index (χ0v) is 10.7. The predicted molar refractivity (Wildman–Crippen MR) is 59.6 cm³/mol. The topological polar surface area (TPSA) is 84.0 Å². The predicted octanol–water partition coefficient (Wildman–Crippen LogP) is -1.35. The molecule has 1 rings (SSSR count). The average molecular weight is 264 g/mol. The molecule has 1 heterocycles. The molecule has 0 aliphatic carbocycles. The molecule has 0 atom stereocenters. The molecule has 0 unspecified atom stereocenters. The Kier molecular flexibility index (Phi) is 4.47. The second-order valence-corrected chi connectivity index (χ2v) is 5.66. The van der Waals surface area contributed by atoms with Gasteiger partial charge in [-0.3, -0.25) is 4.79 Å². The molecule has 1 aliphatic rings. The summed E-state index contributed by atoms with van der Waals surface area (Å²) in [6.07, 6.45) is 1.12. The highest BCUT2D eigenvalue weighted by Crippen LogP contribution is 2.06. The van der Waals surface area contributed by atoms with E-state index >= 15 is 0 Å². The van der Waals surface area contributed by atoms with E-state index in [0.29, 0.717) is 0 Å². The smallest absolute Gasteiger partial charge is 0.397 e. The summed E-state index contributed by atoms with van der Waals surface area (Å²) in [4.78, 5) is 24.0. The van der Waals surface area contributed by atoms with Crippen molar-refractivity contribution >= 4 is 21.9 Å². The maximum Gasteiger partial charge on any atom is 0.397 e. The van der Waals surface area contributed by atoms with E-state index < -0.39 is 21.9 Å². The van der Waals surface area contributed by atoms with Crippen LogP contribution in [0.15, 0.2) is 0 Å². The Hall–Kier alpha value is -1.15. The summed E-state index contributed by atoms with van der Waals surface area (Å²) in [5, 5.41) is 0. The van der Waals surface area contributed by atoms with Crippen LogP contribution in [0, 0.1) is 0 Å².